The molecule has 0 fully saturated rings. The summed E-state index contributed by atoms with van der Waals surface area (Å²) in [5, 5.41) is 10.6. The summed E-state index contributed by atoms with van der Waals surface area (Å²) in [5.74, 6) is 0. The van der Waals surface area contributed by atoms with Crippen LogP contribution in [0.25, 0.3) is 0 Å². The fraction of sp³-hybridized carbons (Fsp3) is 0.182. The minimum Gasteiger partial charge on any atom is -0.392 e. The Kier molecular flexibility index (Phi) is 5.69. The highest BCUT2D eigenvalue weighted by Crippen LogP contribution is 2.43. The molecule has 0 aliphatic heterocycles. The van der Waals surface area contributed by atoms with Crippen molar-refractivity contribution in [3.63, 3.8) is 0 Å². The highest BCUT2D eigenvalue weighted by atomic mass is 127. The molecule has 0 aliphatic rings. The molecule has 0 spiro atoms. The zero-order chi connectivity index (χ0) is 16.8. The van der Waals surface area contributed by atoms with Crippen molar-refractivity contribution in [1.29, 1.82) is 0 Å². The minimum absolute atomic E-state index is 0.353. The third-order valence-electron chi connectivity index (χ3n) is 4.52. The number of hydrogen-bond acceptors (Lipinski definition) is 1. The Labute approximate surface area is 157 Å². The normalized spacial score (nSPS) is 12.8. The second-order valence-corrected chi connectivity index (χ2v) is 6.90. The number of rotatable bonds is 6. The van der Waals surface area contributed by atoms with Gasteiger partial charge in [-0.2, -0.15) is 0 Å². The van der Waals surface area contributed by atoms with E-state index >= 15 is 0 Å². The summed E-state index contributed by atoms with van der Waals surface area (Å²) in [4.78, 5) is 0. The third-order valence-corrected chi connectivity index (χ3v) is 5.54. The zero-order valence-corrected chi connectivity index (χ0v) is 15.6. The molecular weight excluding hydrogens is 407 g/mol. The van der Waals surface area contributed by atoms with Crippen molar-refractivity contribution in [2.75, 3.05) is 4.43 Å². The summed E-state index contributed by atoms with van der Waals surface area (Å²) < 4.78 is 0.714. The predicted octanol–water partition coefficient (Wildman–Crippen LogP) is 5.21. The first-order valence-corrected chi connectivity index (χ1v) is 9.70. The molecule has 0 aliphatic carbocycles. The molecule has 0 saturated heterocycles. The van der Waals surface area contributed by atoms with Crippen molar-refractivity contribution >= 4 is 22.6 Å². The lowest BCUT2D eigenvalue weighted by Gasteiger charge is -2.37. The number of aliphatic hydroxyl groups is 1. The lowest BCUT2D eigenvalue weighted by atomic mass is 9.66. The lowest BCUT2D eigenvalue weighted by Crippen LogP contribution is -2.34. The highest BCUT2D eigenvalue weighted by molar-refractivity contribution is 14.1. The first kappa shape index (κ1) is 17.2. The summed E-state index contributed by atoms with van der Waals surface area (Å²) in [7, 11) is 0. The smallest absolute Gasteiger partial charge is 0.0644 e. The standard InChI is InChI=1S/C22H21IO/c23-17-21(24)16-22(18-10-4-1-5-11-18,19-12-6-2-7-13-19)20-14-8-3-9-15-20/h1-15,21,24H,16-17H2. The quantitative estimate of drug-likeness (QED) is 0.325. The number of benzene rings is 3. The van der Waals surface area contributed by atoms with Crippen LogP contribution in [0.1, 0.15) is 23.1 Å². The maximum Gasteiger partial charge on any atom is 0.0644 e. The van der Waals surface area contributed by atoms with Crippen LogP contribution in [0, 0.1) is 0 Å². The van der Waals surface area contributed by atoms with Gasteiger partial charge >= 0.3 is 0 Å². The molecule has 3 rings (SSSR count). The van der Waals surface area contributed by atoms with Gasteiger partial charge in [0.1, 0.15) is 0 Å². The van der Waals surface area contributed by atoms with Gasteiger partial charge in [0, 0.05) is 9.84 Å². The molecule has 0 radical (unpaired) electrons. The summed E-state index contributed by atoms with van der Waals surface area (Å²) >= 11 is 2.26. The van der Waals surface area contributed by atoms with E-state index in [1.165, 1.54) is 16.7 Å². The molecule has 0 aromatic heterocycles. The van der Waals surface area contributed by atoms with E-state index in [4.69, 9.17) is 0 Å². The number of hydrogen-bond donors (Lipinski definition) is 1. The average molecular weight is 428 g/mol. The van der Waals surface area contributed by atoms with E-state index < -0.39 is 0 Å². The molecule has 3 aromatic rings. The molecule has 0 heterocycles. The van der Waals surface area contributed by atoms with E-state index in [2.05, 4.69) is 95.4 Å². The van der Waals surface area contributed by atoms with Gasteiger partial charge in [-0.05, 0) is 23.1 Å². The van der Waals surface area contributed by atoms with Crippen LogP contribution in [0.2, 0.25) is 0 Å². The van der Waals surface area contributed by atoms with Gasteiger partial charge in [0.05, 0.1) is 6.10 Å². The minimum atomic E-state index is -0.369. The van der Waals surface area contributed by atoms with Gasteiger partial charge in [-0.3, -0.25) is 0 Å². The first-order chi connectivity index (χ1) is 11.8. The van der Waals surface area contributed by atoms with Crippen LogP contribution in [-0.4, -0.2) is 15.6 Å². The van der Waals surface area contributed by atoms with Gasteiger partial charge in [-0.25, -0.2) is 0 Å². The van der Waals surface area contributed by atoms with Crippen molar-refractivity contribution in [2.24, 2.45) is 0 Å². The van der Waals surface area contributed by atoms with E-state index in [-0.39, 0.29) is 11.5 Å². The Balaban J connectivity index is 2.28. The van der Waals surface area contributed by atoms with Crippen LogP contribution in [0.5, 0.6) is 0 Å². The first-order valence-electron chi connectivity index (χ1n) is 8.18. The SMILES string of the molecule is OC(CI)CC(c1ccccc1)(c1ccccc1)c1ccccc1. The van der Waals surface area contributed by atoms with Crippen molar-refractivity contribution in [3.8, 4) is 0 Å². The second kappa shape index (κ2) is 7.95. The van der Waals surface area contributed by atoms with E-state index in [9.17, 15) is 5.11 Å². The number of alkyl halides is 1. The van der Waals surface area contributed by atoms with E-state index in [1.807, 2.05) is 18.2 Å². The maximum absolute atomic E-state index is 10.6. The van der Waals surface area contributed by atoms with Crippen molar-refractivity contribution in [1.82, 2.24) is 0 Å². The maximum atomic E-state index is 10.6. The fourth-order valence-corrected chi connectivity index (χ4v) is 3.74. The molecule has 0 amide bonds. The molecule has 1 nitrogen and oxygen atoms in total. The van der Waals surface area contributed by atoms with Crippen molar-refractivity contribution in [2.45, 2.75) is 17.9 Å². The molecule has 1 N–H and O–H groups in total. The molecule has 122 valence electrons. The van der Waals surface area contributed by atoms with E-state index in [0.717, 1.165) is 0 Å². The Bertz CT molecular complexity index is 644. The molecule has 1 atom stereocenters. The highest BCUT2D eigenvalue weighted by Gasteiger charge is 2.37. The Hall–Kier alpha value is -1.65. The molecule has 0 saturated carbocycles. The van der Waals surface area contributed by atoms with Gasteiger partial charge in [0.15, 0.2) is 0 Å². The van der Waals surface area contributed by atoms with E-state index in [0.29, 0.717) is 10.8 Å². The zero-order valence-electron chi connectivity index (χ0n) is 13.5. The second-order valence-electron chi connectivity index (χ2n) is 6.02. The largest absolute Gasteiger partial charge is 0.392 e. The predicted molar refractivity (Wildman–Crippen MR) is 109 cm³/mol. The van der Waals surface area contributed by atoms with Crippen LogP contribution in [-0.2, 0) is 5.41 Å². The molecule has 3 aromatic carbocycles. The molecule has 24 heavy (non-hydrogen) atoms. The van der Waals surface area contributed by atoms with Crippen molar-refractivity contribution < 1.29 is 5.11 Å². The fourth-order valence-electron chi connectivity index (χ4n) is 3.43. The summed E-state index contributed by atoms with van der Waals surface area (Å²) in [6.45, 7) is 0. The summed E-state index contributed by atoms with van der Waals surface area (Å²) in [5.41, 5.74) is 3.29. The molecular formula is C22H21IO. The van der Waals surface area contributed by atoms with Crippen LogP contribution < -0.4 is 0 Å². The van der Waals surface area contributed by atoms with Crippen LogP contribution in [0.15, 0.2) is 91.0 Å². The molecule has 2 heteroatoms. The van der Waals surface area contributed by atoms with Gasteiger partial charge in [0.2, 0.25) is 0 Å². The lowest BCUT2D eigenvalue weighted by molar-refractivity contribution is 0.173. The molecule has 1 unspecified atom stereocenters. The topological polar surface area (TPSA) is 20.2 Å². The monoisotopic (exact) mass is 428 g/mol. The van der Waals surface area contributed by atoms with Crippen LogP contribution in [0.4, 0.5) is 0 Å². The Morgan fingerprint density at radius 1 is 0.667 bits per heavy atom. The van der Waals surface area contributed by atoms with E-state index in [1.54, 1.807) is 0 Å². The van der Waals surface area contributed by atoms with Crippen LogP contribution in [0.3, 0.4) is 0 Å². The Morgan fingerprint density at radius 3 is 1.29 bits per heavy atom. The number of aliphatic hydroxyl groups excluding tert-OH is 1. The number of halogens is 1. The molecule has 0 bridgehead atoms. The van der Waals surface area contributed by atoms with Gasteiger partial charge in [-0.15, -0.1) is 0 Å². The third kappa shape index (κ3) is 3.40. The van der Waals surface area contributed by atoms with Gasteiger partial charge in [0.25, 0.3) is 0 Å². The Morgan fingerprint density at radius 2 is 1.00 bits per heavy atom. The summed E-state index contributed by atoms with van der Waals surface area (Å²) in [6.07, 6.45) is 0.291. The van der Waals surface area contributed by atoms with Crippen molar-refractivity contribution in [3.05, 3.63) is 108 Å². The van der Waals surface area contributed by atoms with Gasteiger partial charge in [-0.1, -0.05) is 114 Å². The van der Waals surface area contributed by atoms with Gasteiger partial charge < -0.3 is 5.11 Å². The summed E-state index contributed by atoms with van der Waals surface area (Å²) in [6, 6.07) is 31.6. The van der Waals surface area contributed by atoms with Crippen LogP contribution >= 0.6 is 22.6 Å². The average Bonchev–Trinajstić information content (AvgIpc) is 2.68.